The molecule has 2 rings (SSSR count). The summed E-state index contributed by atoms with van der Waals surface area (Å²) in [5, 5.41) is 6.27. The van der Waals surface area contributed by atoms with Gasteiger partial charge in [-0.05, 0) is 42.9 Å². The molecule has 0 heterocycles. The quantitative estimate of drug-likeness (QED) is 0.439. The maximum Gasteiger partial charge on any atom is 0.223 e. The Labute approximate surface area is 136 Å². The second kappa shape index (κ2) is 8.14. The Morgan fingerprint density at radius 2 is 2.00 bits per heavy atom. The molecule has 0 aliphatic heterocycles. The molecule has 4 nitrogen and oxygen atoms in total. The average Bonchev–Trinajstić information content (AvgIpc) is 2.54. The van der Waals surface area contributed by atoms with E-state index in [0.717, 1.165) is 16.9 Å². The number of thiocarbonyl (C=S) groups is 1. The van der Waals surface area contributed by atoms with Crippen LogP contribution in [0.3, 0.4) is 0 Å². The summed E-state index contributed by atoms with van der Waals surface area (Å²) < 4.78 is 5.81. The normalized spacial score (nSPS) is 10.5. The molecule has 0 aromatic heterocycles. The van der Waals surface area contributed by atoms with Gasteiger partial charge in [0.2, 0.25) is 5.11 Å². The zero-order chi connectivity index (χ0) is 15.8. The lowest BCUT2D eigenvalue weighted by Gasteiger charge is -2.06. The molecule has 22 heavy (non-hydrogen) atoms. The van der Waals surface area contributed by atoms with Crippen LogP contribution < -0.4 is 20.6 Å². The van der Waals surface area contributed by atoms with Crippen molar-refractivity contribution >= 4 is 23.5 Å². The van der Waals surface area contributed by atoms with Crippen LogP contribution in [0.1, 0.15) is 16.7 Å². The lowest BCUT2D eigenvalue weighted by Crippen LogP contribution is -2.82. The van der Waals surface area contributed by atoms with Gasteiger partial charge in [0, 0.05) is 12.6 Å². The zero-order valence-electron chi connectivity index (χ0n) is 12.7. The van der Waals surface area contributed by atoms with Crippen LogP contribution in [0.25, 0.3) is 0 Å². The van der Waals surface area contributed by atoms with Crippen LogP contribution in [-0.2, 0) is 6.61 Å². The van der Waals surface area contributed by atoms with Crippen LogP contribution in [-0.4, -0.2) is 18.4 Å². The third-order valence-electron chi connectivity index (χ3n) is 3.04. The van der Waals surface area contributed by atoms with Gasteiger partial charge in [-0.2, -0.15) is 0 Å². The third kappa shape index (κ3) is 5.18. The van der Waals surface area contributed by atoms with Gasteiger partial charge in [-0.15, -0.1) is 10.5 Å². The predicted octanol–water partition coefficient (Wildman–Crippen LogP) is 1.08. The minimum absolute atomic E-state index is 0.531. The van der Waals surface area contributed by atoms with E-state index in [2.05, 4.69) is 47.0 Å². The molecule has 0 unspecified atom stereocenters. The SMILES string of the molecule is CNC(=S)N[NH+]=Cc1cccc(OCc2ccc(C)cc2)c1. The van der Waals surface area contributed by atoms with E-state index in [-0.39, 0.29) is 0 Å². The average molecular weight is 314 g/mol. The van der Waals surface area contributed by atoms with Crippen molar-refractivity contribution < 1.29 is 9.84 Å². The molecule has 3 N–H and O–H groups in total. The standard InChI is InChI=1S/C17H19N3OS/c1-13-6-8-14(9-7-13)12-21-16-5-3-4-15(10-16)11-19-20-17(22)18-2/h3-11H,12H2,1-2H3,(H2,18,20,22)/p+1. The van der Waals surface area contributed by atoms with Gasteiger partial charge in [0.25, 0.3) is 0 Å². The van der Waals surface area contributed by atoms with Crippen molar-refractivity contribution in [1.82, 2.24) is 10.7 Å². The third-order valence-corrected chi connectivity index (χ3v) is 3.34. The molecular formula is C17H20N3OS+. The molecule has 2 aromatic rings. The molecule has 0 aliphatic rings. The van der Waals surface area contributed by atoms with Crippen molar-refractivity contribution in [3.8, 4) is 5.75 Å². The second-order valence-corrected chi connectivity index (χ2v) is 5.25. The van der Waals surface area contributed by atoms with E-state index in [1.165, 1.54) is 5.56 Å². The largest absolute Gasteiger partial charge is 0.489 e. The van der Waals surface area contributed by atoms with E-state index in [9.17, 15) is 0 Å². The Hall–Kier alpha value is -2.40. The van der Waals surface area contributed by atoms with Gasteiger partial charge in [-0.25, -0.2) is 0 Å². The molecule has 2 aromatic carbocycles. The van der Waals surface area contributed by atoms with Crippen LogP contribution >= 0.6 is 12.2 Å². The van der Waals surface area contributed by atoms with Gasteiger partial charge in [-0.3, -0.25) is 0 Å². The lowest BCUT2D eigenvalue weighted by atomic mass is 10.2. The van der Waals surface area contributed by atoms with Gasteiger partial charge in [0.05, 0.1) is 0 Å². The monoisotopic (exact) mass is 314 g/mol. The highest BCUT2D eigenvalue weighted by molar-refractivity contribution is 7.80. The minimum atomic E-state index is 0.531. The van der Waals surface area contributed by atoms with Crippen molar-refractivity contribution in [1.29, 1.82) is 0 Å². The van der Waals surface area contributed by atoms with Gasteiger partial charge < -0.3 is 10.1 Å². The molecule has 0 radical (unpaired) electrons. The maximum absolute atomic E-state index is 5.81. The predicted molar refractivity (Wildman–Crippen MR) is 92.9 cm³/mol. The summed E-state index contributed by atoms with van der Waals surface area (Å²) in [6.07, 6.45) is 1.82. The smallest absolute Gasteiger partial charge is 0.223 e. The van der Waals surface area contributed by atoms with Crippen LogP contribution in [0, 0.1) is 6.92 Å². The molecule has 0 atom stereocenters. The van der Waals surface area contributed by atoms with Crippen molar-refractivity contribution in [2.75, 3.05) is 7.05 Å². The number of nitrogens with one attached hydrogen (secondary N) is 3. The Morgan fingerprint density at radius 1 is 1.23 bits per heavy atom. The number of ether oxygens (including phenoxy) is 1. The van der Waals surface area contributed by atoms with Gasteiger partial charge >= 0.3 is 0 Å². The first kappa shape index (κ1) is 16.0. The van der Waals surface area contributed by atoms with Gasteiger partial charge in [0.15, 0.2) is 6.21 Å². The molecule has 0 saturated heterocycles. The number of hydrogen-bond acceptors (Lipinski definition) is 2. The molecule has 0 spiro atoms. The number of hydrogen-bond donors (Lipinski definition) is 3. The Balaban J connectivity index is 1.93. The Kier molecular flexibility index (Phi) is 5.91. The number of benzene rings is 2. The molecular weight excluding hydrogens is 294 g/mol. The van der Waals surface area contributed by atoms with Crippen LogP contribution in [0.4, 0.5) is 0 Å². The minimum Gasteiger partial charge on any atom is -0.489 e. The first-order chi connectivity index (χ1) is 10.7. The van der Waals surface area contributed by atoms with E-state index < -0.39 is 0 Å². The highest BCUT2D eigenvalue weighted by Gasteiger charge is 1.99. The molecule has 114 valence electrons. The summed E-state index contributed by atoms with van der Waals surface area (Å²) in [5.41, 5.74) is 6.23. The maximum atomic E-state index is 5.81. The summed E-state index contributed by atoms with van der Waals surface area (Å²) in [6.45, 7) is 2.63. The molecule has 0 saturated carbocycles. The Morgan fingerprint density at radius 3 is 2.73 bits per heavy atom. The fourth-order valence-corrected chi connectivity index (χ4v) is 1.85. The first-order valence-corrected chi connectivity index (χ1v) is 7.43. The fourth-order valence-electron chi connectivity index (χ4n) is 1.79. The summed E-state index contributed by atoms with van der Waals surface area (Å²) >= 11 is 4.97. The zero-order valence-corrected chi connectivity index (χ0v) is 13.5. The topological polar surface area (TPSA) is 47.3 Å². The molecule has 0 fully saturated rings. The first-order valence-electron chi connectivity index (χ1n) is 7.02. The number of hydrazine groups is 1. The molecule has 0 amide bonds. The molecule has 0 bridgehead atoms. The summed E-state index contributed by atoms with van der Waals surface area (Å²) in [7, 11) is 1.76. The van der Waals surface area contributed by atoms with Crippen LogP contribution in [0.2, 0.25) is 0 Å². The molecule has 5 heteroatoms. The fraction of sp³-hybridized carbons (Fsp3) is 0.176. The van der Waals surface area contributed by atoms with Gasteiger partial charge in [0.1, 0.15) is 12.4 Å². The second-order valence-electron chi connectivity index (χ2n) is 4.84. The van der Waals surface area contributed by atoms with Crippen molar-refractivity contribution in [3.63, 3.8) is 0 Å². The van der Waals surface area contributed by atoms with E-state index >= 15 is 0 Å². The number of hydrazone groups is 1. The highest BCUT2D eigenvalue weighted by Crippen LogP contribution is 2.14. The van der Waals surface area contributed by atoms with Crippen molar-refractivity contribution in [2.24, 2.45) is 0 Å². The van der Waals surface area contributed by atoms with E-state index in [4.69, 9.17) is 17.0 Å². The van der Waals surface area contributed by atoms with E-state index in [1.54, 1.807) is 7.05 Å². The molecule has 0 aliphatic carbocycles. The summed E-state index contributed by atoms with van der Waals surface area (Å²) in [4.78, 5) is 0. The van der Waals surface area contributed by atoms with E-state index in [1.807, 2.05) is 30.5 Å². The van der Waals surface area contributed by atoms with Crippen LogP contribution in [0.15, 0.2) is 48.5 Å². The highest BCUT2D eigenvalue weighted by atomic mass is 32.1. The number of rotatable bonds is 5. The summed E-state index contributed by atoms with van der Waals surface area (Å²) in [5.74, 6) is 0.826. The number of aryl methyl sites for hydroxylation is 1. The van der Waals surface area contributed by atoms with Crippen molar-refractivity contribution in [3.05, 3.63) is 65.2 Å². The summed E-state index contributed by atoms with van der Waals surface area (Å²) in [6, 6.07) is 16.2. The van der Waals surface area contributed by atoms with Gasteiger partial charge in [-0.1, -0.05) is 35.9 Å². The van der Waals surface area contributed by atoms with Crippen LogP contribution in [0.5, 0.6) is 5.75 Å². The van der Waals surface area contributed by atoms with Crippen molar-refractivity contribution in [2.45, 2.75) is 13.5 Å². The Bertz CT molecular complexity index is 653. The lowest BCUT2D eigenvalue weighted by molar-refractivity contribution is -0.500. The van der Waals surface area contributed by atoms with E-state index in [0.29, 0.717) is 11.7 Å².